The van der Waals surface area contributed by atoms with Crippen LogP contribution in [0.15, 0.2) is 0 Å². The quantitative estimate of drug-likeness (QED) is 0.717. The molecule has 0 aliphatic heterocycles. The standard InChI is InChI=1S/C10H22N2O/c1-6-12(8(4)5)10(13)9(11)7(2)3/h7-9H,6,11H2,1-5H3/t9-/m1/s1. The van der Waals surface area contributed by atoms with Gasteiger partial charge in [-0.25, -0.2) is 0 Å². The number of carbonyl (C=O) groups excluding carboxylic acids is 1. The first-order valence-electron chi connectivity index (χ1n) is 4.97. The molecule has 0 rings (SSSR count). The molecule has 0 unspecified atom stereocenters. The summed E-state index contributed by atoms with van der Waals surface area (Å²) in [5.41, 5.74) is 5.78. The number of hydrogen-bond acceptors (Lipinski definition) is 2. The molecular weight excluding hydrogens is 164 g/mol. The molecule has 0 saturated carbocycles. The Morgan fingerprint density at radius 2 is 1.77 bits per heavy atom. The largest absolute Gasteiger partial charge is 0.339 e. The summed E-state index contributed by atoms with van der Waals surface area (Å²) in [5, 5.41) is 0. The predicted molar refractivity (Wildman–Crippen MR) is 55.3 cm³/mol. The molecule has 0 spiro atoms. The van der Waals surface area contributed by atoms with E-state index in [0.717, 1.165) is 6.54 Å². The highest BCUT2D eigenvalue weighted by Gasteiger charge is 2.23. The lowest BCUT2D eigenvalue weighted by atomic mass is 10.0. The summed E-state index contributed by atoms with van der Waals surface area (Å²) in [6.07, 6.45) is 0. The van der Waals surface area contributed by atoms with Crippen molar-refractivity contribution in [2.75, 3.05) is 6.54 Å². The summed E-state index contributed by atoms with van der Waals surface area (Å²) < 4.78 is 0. The van der Waals surface area contributed by atoms with Crippen LogP contribution in [-0.2, 0) is 4.79 Å². The van der Waals surface area contributed by atoms with Crippen molar-refractivity contribution in [3.8, 4) is 0 Å². The van der Waals surface area contributed by atoms with Crippen molar-refractivity contribution >= 4 is 5.91 Å². The molecule has 0 radical (unpaired) electrons. The lowest BCUT2D eigenvalue weighted by molar-refractivity contribution is -0.135. The molecule has 0 aromatic rings. The topological polar surface area (TPSA) is 46.3 Å². The van der Waals surface area contributed by atoms with E-state index < -0.39 is 0 Å². The number of carbonyl (C=O) groups is 1. The first-order valence-corrected chi connectivity index (χ1v) is 4.97. The maximum absolute atomic E-state index is 11.8. The Labute approximate surface area is 81.3 Å². The van der Waals surface area contributed by atoms with E-state index in [-0.39, 0.29) is 23.9 Å². The maximum Gasteiger partial charge on any atom is 0.239 e. The van der Waals surface area contributed by atoms with Gasteiger partial charge >= 0.3 is 0 Å². The summed E-state index contributed by atoms with van der Waals surface area (Å²) in [4.78, 5) is 13.6. The van der Waals surface area contributed by atoms with E-state index in [2.05, 4.69) is 0 Å². The first kappa shape index (κ1) is 12.4. The van der Waals surface area contributed by atoms with Crippen LogP contribution in [-0.4, -0.2) is 29.4 Å². The molecule has 0 heterocycles. The van der Waals surface area contributed by atoms with Crippen molar-refractivity contribution in [1.29, 1.82) is 0 Å². The van der Waals surface area contributed by atoms with E-state index in [1.165, 1.54) is 0 Å². The Balaban J connectivity index is 4.37. The third-order valence-electron chi connectivity index (χ3n) is 2.25. The van der Waals surface area contributed by atoms with Gasteiger partial charge in [0.1, 0.15) is 0 Å². The van der Waals surface area contributed by atoms with Crippen molar-refractivity contribution in [2.45, 2.75) is 46.7 Å². The van der Waals surface area contributed by atoms with Gasteiger partial charge in [0.2, 0.25) is 5.91 Å². The zero-order valence-corrected chi connectivity index (χ0v) is 9.37. The zero-order chi connectivity index (χ0) is 10.6. The molecule has 0 aliphatic rings. The fourth-order valence-electron chi connectivity index (χ4n) is 1.25. The molecule has 2 N–H and O–H groups in total. The summed E-state index contributed by atoms with van der Waals surface area (Å²) in [6.45, 7) is 10.7. The Hall–Kier alpha value is -0.570. The van der Waals surface area contributed by atoms with E-state index in [9.17, 15) is 4.79 Å². The fourth-order valence-corrected chi connectivity index (χ4v) is 1.25. The molecule has 3 nitrogen and oxygen atoms in total. The van der Waals surface area contributed by atoms with Crippen LogP contribution in [0.25, 0.3) is 0 Å². The van der Waals surface area contributed by atoms with Gasteiger partial charge in [-0.2, -0.15) is 0 Å². The molecule has 0 saturated heterocycles. The minimum Gasteiger partial charge on any atom is -0.339 e. The van der Waals surface area contributed by atoms with Crippen LogP contribution in [0.3, 0.4) is 0 Å². The van der Waals surface area contributed by atoms with Crippen molar-refractivity contribution < 1.29 is 4.79 Å². The second kappa shape index (κ2) is 5.22. The summed E-state index contributed by atoms with van der Waals surface area (Å²) in [7, 11) is 0. The molecule has 78 valence electrons. The highest BCUT2D eigenvalue weighted by atomic mass is 16.2. The molecule has 0 aliphatic carbocycles. The highest BCUT2D eigenvalue weighted by Crippen LogP contribution is 2.06. The van der Waals surface area contributed by atoms with Gasteiger partial charge in [0.15, 0.2) is 0 Å². The van der Waals surface area contributed by atoms with Gasteiger partial charge in [0, 0.05) is 12.6 Å². The number of hydrogen-bond donors (Lipinski definition) is 1. The van der Waals surface area contributed by atoms with Gasteiger partial charge in [0.25, 0.3) is 0 Å². The Morgan fingerprint density at radius 3 is 2.00 bits per heavy atom. The van der Waals surface area contributed by atoms with E-state index in [0.29, 0.717) is 0 Å². The summed E-state index contributed by atoms with van der Waals surface area (Å²) >= 11 is 0. The Kier molecular flexibility index (Phi) is 4.99. The molecule has 13 heavy (non-hydrogen) atoms. The number of likely N-dealkylation sites (N-methyl/N-ethyl adjacent to an activating group) is 1. The minimum absolute atomic E-state index is 0.0625. The van der Waals surface area contributed by atoms with Gasteiger partial charge in [-0.3, -0.25) is 4.79 Å². The smallest absolute Gasteiger partial charge is 0.239 e. The Morgan fingerprint density at radius 1 is 1.31 bits per heavy atom. The van der Waals surface area contributed by atoms with E-state index in [1.54, 1.807) is 0 Å². The van der Waals surface area contributed by atoms with Gasteiger partial charge in [-0.1, -0.05) is 13.8 Å². The number of rotatable bonds is 4. The predicted octanol–water partition coefficient (Wildman–Crippen LogP) is 1.23. The molecule has 3 heteroatoms. The van der Waals surface area contributed by atoms with Gasteiger partial charge in [-0.15, -0.1) is 0 Å². The second-order valence-corrected chi connectivity index (χ2v) is 3.99. The van der Waals surface area contributed by atoms with Gasteiger partial charge in [0.05, 0.1) is 6.04 Å². The monoisotopic (exact) mass is 186 g/mol. The van der Waals surface area contributed by atoms with Crippen LogP contribution < -0.4 is 5.73 Å². The summed E-state index contributed by atoms with van der Waals surface area (Å²) in [6, 6.07) is -0.121. The molecule has 0 aromatic carbocycles. The van der Waals surface area contributed by atoms with Crippen LogP contribution in [0, 0.1) is 5.92 Å². The molecule has 1 amide bonds. The lowest BCUT2D eigenvalue weighted by Gasteiger charge is -2.29. The molecule has 1 atom stereocenters. The molecule has 0 aromatic heterocycles. The van der Waals surface area contributed by atoms with Crippen LogP contribution in [0.1, 0.15) is 34.6 Å². The SMILES string of the molecule is CCN(C(=O)[C@H](N)C(C)C)C(C)C. The number of nitrogens with two attached hydrogens (primary N) is 1. The average molecular weight is 186 g/mol. The third-order valence-corrected chi connectivity index (χ3v) is 2.25. The minimum atomic E-state index is -0.359. The van der Waals surface area contributed by atoms with Gasteiger partial charge in [-0.05, 0) is 26.7 Å². The lowest BCUT2D eigenvalue weighted by Crippen LogP contribution is -2.49. The molecular formula is C10H22N2O. The number of amides is 1. The molecule has 0 fully saturated rings. The van der Waals surface area contributed by atoms with E-state index in [1.807, 2.05) is 39.5 Å². The average Bonchev–Trinajstić information content (AvgIpc) is 2.03. The van der Waals surface area contributed by atoms with Crippen molar-refractivity contribution in [3.05, 3.63) is 0 Å². The third kappa shape index (κ3) is 3.35. The Bertz CT molecular complexity index is 166. The zero-order valence-electron chi connectivity index (χ0n) is 9.37. The molecule has 0 bridgehead atoms. The van der Waals surface area contributed by atoms with Crippen LogP contribution in [0.5, 0.6) is 0 Å². The normalized spacial score (nSPS) is 13.5. The first-order chi connectivity index (χ1) is 5.91. The van der Waals surface area contributed by atoms with Crippen molar-refractivity contribution in [2.24, 2.45) is 11.7 Å². The van der Waals surface area contributed by atoms with Crippen molar-refractivity contribution in [3.63, 3.8) is 0 Å². The van der Waals surface area contributed by atoms with Gasteiger partial charge < -0.3 is 10.6 Å². The maximum atomic E-state index is 11.8. The summed E-state index contributed by atoms with van der Waals surface area (Å²) in [5.74, 6) is 0.271. The second-order valence-electron chi connectivity index (χ2n) is 3.99. The van der Waals surface area contributed by atoms with Crippen LogP contribution in [0.2, 0.25) is 0 Å². The highest BCUT2D eigenvalue weighted by molar-refractivity contribution is 5.82. The van der Waals surface area contributed by atoms with Crippen LogP contribution >= 0.6 is 0 Å². The van der Waals surface area contributed by atoms with Crippen LogP contribution in [0.4, 0.5) is 0 Å². The van der Waals surface area contributed by atoms with Crippen molar-refractivity contribution in [1.82, 2.24) is 4.90 Å². The van der Waals surface area contributed by atoms with E-state index in [4.69, 9.17) is 5.73 Å². The number of nitrogens with zero attached hydrogens (tertiary/aromatic N) is 1. The van der Waals surface area contributed by atoms with E-state index >= 15 is 0 Å². The fraction of sp³-hybridized carbons (Fsp3) is 0.900.